The normalized spacial score (nSPS) is 10.2. The summed E-state index contributed by atoms with van der Waals surface area (Å²) in [6, 6.07) is 17.0. The third kappa shape index (κ3) is 4.05. The van der Waals surface area contributed by atoms with E-state index in [4.69, 9.17) is 0 Å². The van der Waals surface area contributed by atoms with Gasteiger partial charge in [-0.25, -0.2) is 4.39 Å². The summed E-state index contributed by atoms with van der Waals surface area (Å²) in [5.41, 5.74) is 1.67. The van der Waals surface area contributed by atoms with E-state index in [-0.39, 0.29) is 11.4 Å². The van der Waals surface area contributed by atoms with Gasteiger partial charge in [0.15, 0.2) is 0 Å². The molecule has 2 N–H and O–H groups in total. The molecular formula is C18H13FN4OS. The first-order chi connectivity index (χ1) is 12.2. The molecule has 0 unspecified atom stereocenters. The van der Waals surface area contributed by atoms with Gasteiger partial charge in [-0.2, -0.15) is 10.4 Å². The first-order valence-corrected chi connectivity index (χ1v) is 8.38. The van der Waals surface area contributed by atoms with Crippen LogP contribution in [0.5, 0.6) is 0 Å². The Hall–Kier alpha value is -3.11. The van der Waals surface area contributed by atoms with Gasteiger partial charge in [0.2, 0.25) is 0 Å². The smallest absolute Gasteiger partial charge is 0.256 e. The van der Waals surface area contributed by atoms with Crippen molar-refractivity contribution in [2.24, 2.45) is 0 Å². The Balaban J connectivity index is 1.72. The monoisotopic (exact) mass is 352 g/mol. The third-order valence-electron chi connectivity index (χ3n) is 3.41. The van der Waals surface area contributed by atoms with E-state index in [1.165, 1.54) is 36.0 Å². The van der Waals surface area contributed by atoms with Crippen molar-refractivity contribution in [2.75, 3.05) is 5.32 Å². The lowest BCUT2D eigenvalue weighted by molar-refractivity contribution is 0.102. The summed E-state index contributed by atoms with van der Waals surface area (Å²) in [5, 5.41) is 19.3. The molecule has 0 aliphatic rings. The third-order valence-corrected chi connectivity index (χ3v) is 4.45. The number of hydrogen-bond acceptors (Lipinski definition) is 4. The van der Waals surface area contributed by atoms with Crippen LogP contribution in [0.1, 0.15) is 21.5 Å². The molecule has 3 aromatic rings. The number of nitrogens with zero attached hydrogens (tertiary/aromatic N) is 2. The van der Waals surface area contributed by atoms with Crippen LogP contribution in [-0.2, 0) is 5.75 Å². The molecule has 0 saturated carbocycles. The van der Waals surface area contributed by atoms with Gasteiger partial charge in [-0.05, 0) is 29.8 Å². The van der Waals surface area contributed by atoms with E-state index in [2.05, 4.69) is 21.6 Å². The largest absolute Gasteiger partial charge is 0.306 e. The summed E-state index contributed by atoms with van der Waals surface area (Å²) >= 11 is 1.40. The van der Waals surface area contributed by atoms with Gasteiger partial charge in [0.25, 0.3) is 5.91 Å². The Morgan fingerprint density at radius 2 is 1.92 bits per heavy atom. The molecule has 1 heterocycles. The quantitative estimate of drug-likeness (QED) is 0.681. The number of H-pyrrole nitrogens is 1. The number of halogens is 1. The van der Waals surface area contributed by atoms with Crippen LogP contribution in [0.25, 0.3) is 0 Å². The molecule has 0 aliphatic carbocycles. The summed E-state index contributed by atoms with van der Waals surface area (Å²) < 4.78 is 12.9. The van der Waals surface area contributed by atoms with E-state index in [1.807, 2.05) is 30.3 Å². The van der Waals surface area contributed by atoms with Gasteiger partial charge < -0.3 is 5.32 Å². The molecule has 0 bridgehead atoms. The molecule has 0 aliphatic heterocycles. The van der Waals surface area contributed by atoms with E-state index >= 15 is 0 Å². The molecule has 5 nitrogen and oxygen atoms in total. The van der Waals surface area contributed by atoms with Crippen molar-refractivity contribution in [2.45, 2.75) is 10.8 Å². The number of aromatic amines is 1. The summed E-state index contributed by atoms with van der Waals surface area (Å²) in [6.45, 7) is 0. The Labute approximate surface area is 147 Å². The Morgan fingerprint density at radius 1 is 1.20 bits per heavy atom. The molecule has 0 atom stereocenters. The number of anilines is 1. The van der Waals surface area contributed by atoms with Gasteiger partial charge in [0.05, 0.1) is 0 Å². The number of benzene rings is 2. The van der Waals surface area contributed by atoms with Gasteiger partial charge in [0.1, 0.15) is 28.3 Å². The highest BCUT2D eigenvalue weighted by Gasteiger charge is 2.16. The Kier molecular flexibility index (Phi) is 5.11. The molecular weight excluding hydrogens is 339 g/mol. The number of rotatable bonds is 5. The maximum absolute atomic E-state index is 12.9. The second-order valence-electron chi connectivity index (χ2n) is 5.13. The highest BCUT2D eigenvalue weighted by molar-refractivity contribution is 7.98. The lowest BCUT2D eigenvalue weighted by Crippen LogP contribution is -2.13. The van der Waals surface area contributed by atoms with E-state index in [1.54, 1.807) is 0 Å². The molecule has 0 saturated heterocycles. The van der Waals surface area contributed by atoms with Crippen molar-refractivity contribution in [1.82, 2.24) is 10.2 Å². The van der Waals surface area contributed by atoms with Gasteiger partial charge >= 0.3 is 0 Å². The fourth-order valence-electron chi connectivity index (χ4n) is 2.14. The Bertz CT molecular complexity index is 916. The predicted octanol–water partition coefficient (Wildman–Crippen LogP) is 3.97. The Morgan fingerprint density at radius 3 is 2.60 bits per heavy atom. The fraction of sp³-hybridized carbons (Fsp3) is 0.0556. The number of nitrogens with one attached hydrogen (secondary N) is 2. The van der Waals surface area contributed by atoms with Crippen molar-refractivity contribution < 1.29 is 9.18 Å². The number of amides is 1. The van der Waals surface area contributed by atoms with Crippen molar-refractivity contribution in [3.8, 4) is 6.07 Å². The summed E-state index contributed by atoms with van der Waals surface area (Å²) in [5.74, 6) is 0.0219. The minimum absolute atomic E-state index is 0.229. The molecule has 0 spiro atoms. The fourth-order valence-corrected chi connectivity index (χ4v) is 3.03. The van der Waals surface area contributed by atoms with Crippen LogP contribution in [0.2, 0.25) is 0 Å². The number of carbonyl (C=O) groups is 1. The van der Waals surface area contributed by atoms with Crippen LogP contribution in [0.4, 0.5) is 10.2 Å². The maximum Gasteiger partial charge on any atom is 0.256 e. The zero-order valence-corrected chi connectivity index (χ0v) is 13.8. The first-order valence-electron chi connectivity index (χ1n) is 7.39. The standard InChI is InChI=1S/C18H13FN4OS/c19-14-8-6-13(7-9-14)17(24)21-16-15(10-20)18(23-22-16)25-11-12-4-2-1-3-5-12/h1-9H,11H2,(H2,21,22,23,24). The molecule has 2 aromatic carbocycles. The molecule has 0 radical (unpaired) electrons. The van der Waals surface area contributed by atoms with Crippen molar-refractivity contribution in [3.05, 3.63) is 77.1 Å². The average molecular weight is 352 g/mol. The van der Waals surface area contributed by atoms with E-state index in [0.29, 0.717) is 16.3 Å². The van der Waals surface area contributed by atoms with Crippen LogP contribution in [0.15, 0.2) is 59.6 Å². The SMILES string of the molecule is N#Cc1c(SCc2ccccc2)n[nH]c1NC(=O)c1ccc(F)cc1. The van der Waals surface area contributed by atoms with Crippen LogP contribution in [0.3, 0.4) is 0 Å². The van der Waals surface area contributed by atoms with Crippen molar-refractivity contribution in [1.29, 1.82) is 5.26 Å². The molecule has 7 heteroatoms. The number of thioether (sulfide) groups is 1. The van der Waals surface area contributed by atoms with Crippen molar-refractivity contribution >= 4 is 23.5 Å². The zero-order chi connectivity index (χ0) is 17.6. The topological polar surface area (TPSA) is 81.6 Å². The predicted molar refractivity (Wildman–Crippen MR) is 93.7 cm³/mol. The number of aromatic nitrogens is 2. The lowest BCUT2D eigenvalue weighted by atomic mass is 10.2. The molecule has 0 fully saturated rings. The van der Waals surface area contributed by atoms with Crippen LogP contribution in [-0.4, -0.2) is 16.1 Å². The summed E-state index contributed by atoms with van der Waals surface area (Å²) in [4.78, 5) is 12.2. The number of hydrogen-bond donors (Lipinski definition) is 2. The molecule has 25 heavy (non-hydrogen) atoms. The summed E-state index contributed by atoms with van der Waals surface area (Å²) in [7, 11) is 0. The number of carbonyl (C=O) groups excluding carboxylic acids is 1. The van der Waals surface area contributed by atoms with Gasteiger partial charge in [0, 0.05) is 11.3 Å². The van der Waals surface area contributed by atoms with E-state index < -0.39 is 11.7 Å². The molecule has 3 rings (SSSR count). The van der Waals surface area contributed by atoms with Gasteiger partial charge in [-0.1, -0.05) is 42.1 Å². The molecule has 124 valence electrons. The van der Waals surface area contributed by atoms with Crippen molar-refractivity contribution in [3.63, 3.8) is 0 Å². The van der Waals surface area contributed by atoms with E-state index in [0.717, 1.165) is 5.56 Å². The minimum atomic E-state index is -0.445. The second-order valence-corrected chi connectivity index (χ2v) is 6.09. The van der Waals surface area contributed by atoms with E-state index in [9.17, 15) is 14.4 Å². The van der Waals surface area contributed by atoms with Gasteiger partial charge in [-0.15, -0.1) is 0 Å². The first kappa shape index (κ1) is 16.7. The van der Waals surface area contributed by atoms with Crippen LogP contribution >= 0.6 is 11.8 Å². The highest BCUT2D eigenvalue weighted by atomic mass is 32.2. The van der Waals surface area contributed by atoms with Gasteiger partial charge in [-0.3, -0.25) is 9.89 Å². The minimum Gasteiger partial charge on any atom is -0.306 e. The number of nitriles is 1. The summed E-state index contributed by atoms with van der Waals surface area (Å²) in [6.07, 6.45) is 0. The maximum atomic E-state index is 12.9. The second kappa shape index (κ2) is 7.64. The molecule has 1 amide bonds. The lowest BCUT2D eigenvalue weighted by Gasteiger charge is -2.03. The highest BCUT2D eigenvalue weighted by Crippen LogP contribution is 2.28. The molecule has 1 aromatic heterocycles. The average Bonchev–Trinajstić information content (AvgIpc) is 3.03. The van der Waals surface area contributed by atoms with Crippen LogP contribution in [0, 0.1) is 17.1 Å². The van der Waals surface area contributed by atoms with Crippen LogP contribution < -0.4 is 5.32 Å². The zero-order valence-electron chi connectivity index (χ0n) is 13.0.